The Balaban J connectivity index is 3.07. The van der Waals surface area contributed by atoms with Gasteiger partial charge < -0.3 is 10.2 Å². The summed E-state index contributed by atoms with van der Waals surface area (Å²) in [4.78, 5) is 10.5. The van der Waals surface area contributed by atoms with Crippen molar-refractivity contribution in [1.29, 1.82) is 0 Å². The van der Waals surface area contributed by atoms with E-state index >= 15 is 0 Å². The van der Waals surface area contributed by atoms with E-state index in [0.717, 1.165) is 12.1 Å². The highest BCUT2D eigenvalue weighted by atomic mass is 32.8. The van der Waals surface area contributed by atoms with Gasteiger partial charge in [-0.15, -0.1) is 0 Å². The minimum Gasteiger partial charge on any atom is -0.507 e. The first kappa shape index (κ1) is 11.7. The Morgan fingerprint density at radius 2 is 2.07 bits per heavy atom. The van der Waals surface area contributed by atoms with Crippen LogP contribution in [0.3, 0.4) is 0 Å². The molecule has 8 heteroatoms. The molecule has 1 unspecified atom stereocenters. The monoisotopic (exact) mass is 249 g/mol. The van der Waals surface area contributed by atoms with E-state index in [-0.39, 0.29) is 11.3 Å². The Morgan fingerprint density at radius 1 is 1.47 bits per heavy atom. The van der Waals surface area contributed by atoms with Crippen LogP contribution in [0.15, 0.2) is 18.2 Å². The molecule has 1 rings (SSSR count). The average Bonchev–Trinajstić information content (AvgIpc) is 1.99. The average molecular weight is 249 g/mol. The van der Waals surface area contributed by atoms with Gasteiger partial charge in [-0.2, -0.15) is 0 Å². The minimum atomic E-state index is -3.60. The molecule has 0 spiro atoms. The van der Waals surface area contributed by atoms with Gasteiger partial charge in [0.15, 0.2) is 0 Å². The molecule has 0 fully saturated rings. The van der Waals surface area contributed by atoms with Crippen molar-refractivity contribution in [1.82, 2.24) is 0 Å². The van der Waals surface area contributed by atoms with Gasteiger partial charge in [-0.05, 0) is 12.1 Å². The van der Waals surface area contributed by atoms with Crippen molar-refractivity contribution in [2.45, 2.75) is 0 Å². The molecule has 6 nitrogen and oxygen atoms in total. The summed E-state index contributed by atoms with van der Waals surface area (Å²) in [6, 6.07) is 3.33. The van der Waals surface area contributed by atoms with Crippen LogP contribution in [-0.2, 0) is 20.1 Å². The lowest BCUT2D eigenvalue weighted by atomic mass is 10.2. The van der Waals surface area contributed by atoms with Crippen molar-refractivity contribution in [3.8, 4) is 5.75 Å². The number of hydrogen-bond donors (Lipinski definition) is 4. The van der Waals surface area contributed by atoms with Crippen LogP contribution in [0.25, 0.3) is 0 Å². The fraction of sp³-hybridized carbons (Fsp3) is 0. The maximum absolute atomic E-state index is 10.7. The first-order chi connectivity index (χ1) is 6.79. The van der Waals surface area contributed by atoms with Gasteiger partial charge in [0.05, 0.1) is 5.69 Å². The topological polar surface area (TPSA) is 107 Å². The third-order valence-corrected chi connectivity index (χ3v) is 2.22. The lowest BCUT2D eigenvalue weighted by Gasteiger charge is -2.06. The van der Waals surface area contributed by atoms with Crippen molar-refractivity contribution < 1.29 is 23.8 Å². The van der Waals surface area contributed by atoms with Crippen LogP contribution >= 0.6 is 0 Å². The van der Waals surface area contributed by atoms with Crippen LogP contribution in [0.2, 0.25) is 0 Å². The standard InChI is InChI=1S/C7H7NO5S2/c9-6-3-4(8-15(12,13)14)1-2-5(6)7(10)11/h1-3,8-9H,(H,10,11)(H,12,13,14). The van der Waals surface area contributed by atoms with Gasteiger partial charge >= 0.3 is 5.97 Å². The molecule has 0 aliphatic carbocycles. The number of nitrogens with one attached hydrogen (secondary N) is 1. The molecular formula is C7H7NO5S2. The molecular weight excluding hydrogens is 242 g/mol. The fourth-order valence-electron chi connectivity index (χ4n) is 0.925. The Hall–Kier alpha value is -1.38. The highest BCUT2D eigenvalue weighted by Crippen LogP contribution is 2.22. The smallest absolute Gasteiger partial charge is 0.339 e. The molecule has 4 N–H and O–H groups in total. The van der Waals surface area contributed by atoms with Crippen LogP contribution in [0.4, 0.5) is 5.69 Å². The van der Waals surface area contributed by atoms with Crippen LogP contribution in [0.1, 0.15) is 10.4 Å². The molecule has 0 aromatic heterocycles. The Labute approximate surface area is 90.2 Å². The second-order valence-corrected chi connectivity index (χ2v) is 5.12. The number of hydrogen-bond acceptors (Lipinski definition) is 4. The number of aromatic carboxylic acids is 1. The zero-order chi connectivity index (χ0) is 11.6. The first-order valence-electron chi connectivity index (χ1n) is 3.61. The van der Waals surface area contributed by atoms with E-state index in [9.17, 15) is 14.1 Å². The number of anilines is 1. The van der Waals surface area contributed by atoms with Crippen LogP contribution in [0, 0.1) is 0 Å². The summed E-state index contributed by atoms with van der Waals surface area (Å²) in [5, 5.41) is 17.8. The van der Waals surface area contributed by atoms with Crippen LogP contribution < -0.4 is 4.72 Å². The molecule has 0 heterocycles. The number of carbonyl (C=O) groups is 1. The molecule has 0 aliphatic heterocycles. The van der Waals surface area contributed by atoms with E-state index in [1.165, 1.54) is 6.07 Å². The Morgan fingerprint density at radius 3 is 2.47 bits per heavy atom. The highest BCUT2D eigenvalue weighted by molar-refractivity contribution is 8.30. The fourth-order valence-corrected chi connectivity index (χ4v) is 1.64. The van der Waals surface area contributed by atoms with Gasteiger partial charge in [-0.3, -0.25) is 9.27 Å². The Bertz CT molecular complexity index is 496. The summed E-state index contributed by atoms with van der Waals surface area (Å²) in [7, 11) is -3.60. The number of benzene rings is 1. The van der Waals surface area contributed by atoms with Gasteiger partial charge in [0, 0.05) is 17.3 Å². The van der Waals surface area contributed by atoms with Crippen molar-refractivity contribution >= 4 is 31.8 Å². The molecule has 0 bridgehead atoms. The number of carboxylic acids is 1. The van der Waals surface area contributed by atoms with Crippen LogP contribution in [0.5, 0.6) is 5.75 Å². The lowest BCUT2D eigenvalue weighted by molar-refractivity contribution is 0.0694. The summed E-state index contributed by atoms with van der Waals surface area (Å²) < 4.78 is 21.6. The largest absolute Gasteiger partial charge is 0.507 e. The van der Waals surface area contributed by atoms with Gasteiger partial charge in [0.2, 0.25) is 8.96 Å². The van der Waals surface area contributed by atoms with E-state index in [2.05, 4.69) is 11.2 Å². The van der Waals surface area contributed by atoms with Crippen molar-refractivity contribution in [2.24, 2.45) is 0 Å². The number of rotatable bonds is 3. The van der Waals surface area contributed by atoms with Gasteiger partial charge in [-0.25, -0.2) is 9.00 Å². The second-order valence-electron chi connectivity index (χ2n) is 2.61. The summed E-state index contributed by atoms with van der Waals surface area (Å²) in [6.07, 6.45) is 0. The Kier molecular flexibility index (Phi) is 3.12. The molecule has 0 radical (unpaired) electrons. The number of phenols is 1. The van der Waals surface area contributed by atoms with Crippen LogP contribution in [-0.4, -0.2) is 24.9 Å². The molecule has 82 valence electrons. The molecule has 0 amide bonds. The first-order valence-corrected chi connectivity index (χ1v) is 6.05. The predicted octanol–water partition coefficient (Wildman–Crippen LogP) is 0.637. The zero-order valence-electron chi connectivity index (χ0n) is 7.21. The third-order valence-electron chi connectivity index (χ3n) is 1.47. The number of aromatic hydroxyl groups is 1. The number of carboxylic acid groups (broad SMARTS) is 1. The summed E-state index contributed by atoms with van der Waals surface area (Å²) in [6.45, 7) is 0. The van der Waals surface area contributed by atoms with E-state index < -0.39 is 20.7 Å². The second kappa shape index (κ2) is 4.01. The molecule has 15 heavy (non-hydrogen) atoms. The van der Waals surface area contributed by atoms with Gasteiger partial charge in [-0.1, -0.05) is 0 Å². The summed E-state index contributed by atoms with van der Waals surface area (Å²) in [5.41, 5.74) is -0.227. The normalized spacial score (nSPS) is 14.2. The van der Waals surface area contributed by atoms with E-state index in [0.29, 0.717) is 0 Å². The third kappa shape index (κ3) is 3.35. The van der Waals surface area contributed by atoms with Crippen molar-refractivity contribution in [2.75, 3.05) is 4.72 Å². The lowest BCUT2D eigenvalue weighted by Crippen LogP contribution is -2.09. The quantitative estimate of drug-likeness (QED) is 0.626. The van der Waals surface area contributed by atoms with Gasteiger partial charge in [0.25, 0.3) is 0 Å². The van der Waals surface area contributed by atoms with Gasteiger partial charge in [0.1, 0.15) is 11.3 Å². The van der Waals surface area contributed by atoms with E-state index in [1.54, 1.807) is 0 Å². The molecule has 1 atom stereocenters. The molecule has 1 aromatic carbocycles. The molecule has 0 saturated heterocycles. The van der Waals surface area contributed by atoms with Crippen molar-refractivity contribution in [3.63, 3.8) is 0 Å². The highest BCUT2D eigenvalue weighted by Gasteiger charge is 2.10. The maximum Gasteiger partial charge on any atom is 0.339 e. The zero-order valence-corrected chi connectivity index (χ0v) is 8.84. The maximum atomic E-state index is 10.7. The van der Waals surface area contributed by atoms with E-state index in [4.69, 9.17) is 9.66 Å². The molecule has 1 aromatic rings. The molecule has 0 aliphatic rings. The molecule has 0 saturated carbocycles. The minimum absolute atomic E-state index is 0.0694. The van der Waals surface area contributed by atoms with E-state index in [1.807, 2.05) is 4.72 Å². The predicted molar refractivity (Wildman–Crippen MR) is 56.8 cm³/mol. The SMILES string of the molecule is O=C(O)c1ccc(NS(=O)(O)=S)cc1O. The summed E-state index contributed by atoms with van der Waals surface area (Å²) in [5.74, 6) is -1.80. The summed E-state index contributed by atoms with van der Waals surface area (Å²) >= 11 is 4.17. The van der Waals surface area contributed by atoms with Crippen molar-refractivity contribution in [3.05, 3.63) is 23.8 Å².